The van der Waals surface area contributed by atoms with Crippen molar-refractivity contribution in [2.75, 3.05) is 13.3 Å². The molecule has 2 aromatic rings. The van der Waals surface area contributed by atoms with Gasteiger partial charge < -0.3 is 9.42 Å². The summed E-state index contributed by atoms with van der Waals surface area (Å²) in [4.78, 5) is 11.1. The lowest BCUT2D eigenvalue weighted by molar-refractivity contribution is 0.309. The fourth-order valence-corrected chi connectivity index (χ4v) is 3.11. The van der Waals surface area contributed by atoms with Crippen molar-refractivity contribution >= 4 is 28.5 Å². The fraction of sp³-hybridized carbons (Fsp3) is 0.400. The number of nitrogens with zero attached hydrogens (tertiary/aromatic N) is 4. The van der Waals surface area contributed by atoms with Crippen LogP contribution in [-0.2, 0) is 6.54 Å². The second-order valence-corrected chi connectivity index (χ2v) is 6.30. The SMILES string of the molecule is C/N=C(\SC)N(Cc1nc(-c2cccc(Cl)c2)no1)C1CC1. The van der Waals surface area contributed by atoms with Crippen LogP contribution < -0.4 is 0 Å². The molecule has 0 amide bonds. The van der Waals surface area contributed by atoms with Gasteiger partial charge in [-0.1, -0.05) is 40.7 Å². The third kappa shape index (κ3) is 3.44. The second-order valence-electron chi connectivity index (χ2n) is 5.09. The lowest BCUT2D eigenvalue weighted by Crippen LogP contribution is -2.30. The smallest absolute Gasteiger partial charge is 0.246 e. The number of halogens is 1. The second kappa shape index (κ2) is 6.71. The Morgan fingerprint density at radius 3 is 2.95 bits per heavy atom. The standard InChI is InChI=1S/C15H17ClN4OS/c1-17-15(22-2)20(12-6-7-12)9-13-18-14(19-21-13)10-4-3-5-11(16)8-10/h3-5,8,12H,6-7,9H2,1-2H3/b17-15-. The summed E-state index contributed by atoms with van der Waals surface area (Å²) in [5.41, 5.74) is 0.856. The summed E-state index contributed by atoms with van der Waals surface area (Å²) in [5.74, 6) is 1.16. The first-order valence-corrected chi connectivity index (χ1v) is 8.67. The van der Waals surface area contributed by atoms with E-state index in [0.29, 0.717) is 29.3 Å². The van der Waals surface area contributed by atoms with Crippen LogP contribution in [0.15, 0.2) is 33.8 Å². The first-order chi connectivity index (χ1) is 10.7. The maximum absolute atomic E-state index is 6.00. The largest absolute Gasteiger partial charge is 0.339 e. The van der Waals surface area contributed by atoms with E-state index < -0.39 is 0 Å². The van der Waals surface area contributed by atoms with Gasteiger partial charge in [0.1, 0.15) is 0 Å². The molecule has 0 radical (unpaired) electrons. The zero-order valence-electron chi connectivity index (χ0n) is 12.5. The summed E-state index contributed by atoms with van der Waals surface area (Å²) in [6.07, 6.45) is 4.41. The molecule has 22 heavy (non-hydrogen) atoms. The molecule has 1 heterocycles. The minimum atomic E-state index is 0.535. The highest BCUT2D eigenvalue weighted by Crippen LogP contribution is 2.30. The highest BCUT2D eigenvalue weighted by atomic mass is 35.5. The molecule has 1 saturated carbocycles. The molecule has 1 aromatic carbocycles. The summed E-state index contributed by atoms with van der Waals surface area (Å²) in [5, 5.41) is 5.72. The average Bonchev–Trinajstić information content (AvgIpc) is 3.26. The Morgan fingerprint density at radius 1 is 1.50 bits per heavy atom. The van der Waals surface area contributed by atoms with Crippen LogP contribution in [0.4, 0.5) is 0 Å². The van der Waals surface area contributed by atoms with Gasteiger partial charge in [-0.05, 0) is 31.2 Å². The first-order valence-electron chi connectivity index (χ1n) is 7.07. The minimum absolute atomic E-state index is 0.535. The Balaban J connectivity index is 1.78. The van der Waals surface area contributed by atoms with Gasteiger partial charge in [0.15, 0.2) is 5.17 Å². The van der Waals surface area contributed by atoms with Gasteiger partial charge >= 0.3 is 0 Å². The van der Waals surface area contributed by atoms with Gasteiger partial charge in [0, 0.05) is 23.7 Å². The van der Waals surface area contributed by atoms with Gasteiger partial charge in [0.25, 0.3) is 0 Å². The molecule has 0 spiro atoms. The predicted molar refractivity (Wildman–Crippen MR) is 90.2 cm³/mol. The van der Waals surface area contributed by atoms with E-state index in [1.165, 1.54) is 12.8 Å². The van der Waals surface area contributed by atoms with Gasteiger partial charge in [0.2, 0.25) is 11.7 Å². The number of aromatic nitrogens is 2. The third-order valence-corrected chi connectivity index (χ3v) is 4.48. The summed E-state index contributed by atoms with van der Waals surface area (Å²) in [7, 11) is 1.81. The van der Waals surface area contributed by atoms with E-state index in [-0.39, 0.29) is 0 Å². The molecule has 1 aliphatic carbocycles. The van der Waals surface area contributed by atoms with E-state index in [9.17, 15) is 0 Å². The number of hydrogen-bond acceptors (Lipinski definition) is 5. The molecule has 3 rings (SSSR count). The van der Waals surface area contributed by atoms with Crippen molar-refractivity contribution in [1.82, 2.24) is 15.0 Å². The van der Waals surface area contributed by atoms with E-state index in [1.807, 2.05) is 37.6 Å². The number of rotatable bonds is 4. The summed E-state index contributed by atoms with van der Waals surface area (Å²) >= 11 is 7.64. The van der Waals surface area contributed by atoms with Gasteiger partial charge in [0.05, 0.1) is 6.54 Å². The highest BCUT2D eigenvalue weighted by molar-refractivity contribution is 8.13. The van der Waals surface area contributed by atoms with Crippen LogP contribution in [0.3, 0.4) is 0 Å². The van der Waals surface area contributed by atoms with Gasteiger partial charge in [-0.25, -0.2) is 0 Å². The molecule has 0 aliphatic heterocycles. The predicted octanol–water partition coefficient (Wildman–Crippen LogP) is 3.70. The molecule has 0 bridgehead atoms. The number of benzene rings is 1. The Labute approximate surface area is 138 Å². The molecule has 1 fully saturated rings. The van der Waals surface area contributed by atoms with Crippen LogP contribution in [0.25, 0.3) is 11.4 Å². The molecular weight excluding hydrogens is 320 g/mol. The van der Waals surface area contributed by atoms with Crippen molar-refractivity contribution in [2.24, 2.45) is 4.99 Å². The maximum Gasteiger partial charge on any atom is 0.246 e. The fourth-order valence-electron chi connectivity index (χ4n) is 2.29. The van der Waals surface area contributed by atoms with E-state index in [1.54, 1.807) is 11.8 Å². The van der Waals surface area contributed by atoms with E-state index >= 15 is 0 Å². The molecule has 0 N–H and O–H groups in total. The van der Waals surface area contributed by atoms with Gasteiger partial charge in [-0.2, -0.15) is 4.98 Å². The van der Waals surface area contributed by atoms with Crippen LogP contribution in [-0.4, -0.2) is 39.6 Å². The topological polar surface area (TPSA) is 54.5 Å². The molecule has 0 unspecified atom stereocenters. The normalized spacial score (nSPS) is 15.1. The Kier molecular flexibility index (Phi) is 4.69. The molecule has 0 saturated heterocycles. The molecule has 0 atom stereocenters. The molecule has 5 nitrogen and oxygen atoms in total. The van der Waals surface area contributed by atoms with Crippen LogP contribution in [0.2, 0.25) is 5.02 Å². The number of amidine groups is 1. The van der Waals surface area contributed by atoms with Crippen LogP contribution in [0, 0.1) is 0 Å². The van der Waals surface area contributed by atoms with E-state index in [0.717, 1.165) is 10.7 Å². The average molecular weight is 337 g/mol. The van der Waals surface area contributed by atoms with Crippen molar-refractivity contribution in [2.45, 2.75) is 25.4 Å². The van der Waals surface area contributed by atoms with Crippen molar-refractivity contribution < 1.29 is 4.52 Å². The van der Waals surface area contributed by atoms with E-state index in [2.05, 4.69) is 20.0 Å². The molecular formula is C15H17ClN4OS. The highest BCUT2D eigenvalue weighted by Gasteiger charge is 2.32. The first kappa shape index (κ1) is 15.4. The van der Waals surface area contributed by atoms with Crippen LogP contribution >= 0.6 is 23.4 Å². The van der Waals surface area contributed by atoms with Crippen molar-refractivity contribution in [3.63, 3.8) is 0 Å². The summed E-state index contributed by atoms with van der Waals surface area (Å²) in [6.45, 7) is 0.589. The molecule has 116 valence electrons. The Hall–Kier alpha value is -1.53. The molecule has 1 aromatic heterocycles. The van der Waals surface area contributed by atoms with Crippen molar-refractivity contribution in [3.05, 3.63) is 35.2 Å². The lowest BCUT2D eigenvalue weighted by atomic mass is 10.2. The van der Waals surface area contributed by atoms with Gasteiger partial charge in [-0.15, -0.1) is 0 Å². The lowest BCUT2D eigenvalue weighted by Gasteiger charge is -2.22. The third-order valence-electron chi connectivity index (χ3n) is 3.46. The van der Waals surface area contributed by atoms with E-state index in [4.69, 9.17) is 16.1 Å². The Bertz CT molecular complexity index is 684. The zero-order valence-corrected chi connectivity index (χ0v) is 14.1. The summed E-state index contributed by atoms with van der Waals surface area (Å²) in [6, 6.07) is 7.98. The van der Waals surface area contributed by atoms with Crippen LogP contribution in [0.1, 0.15) is 18.7 Å². The zero-order chi connectivity index (χ0) is 15.5. The van der Waals surface area contributed by atoms with Crippen LogP contribution in [0.5, 0.6) is 0 Å². The number of thioether (sulfide) groups is 1. The quantitative estimate of drug-likeness (QED) is 0.629. The number of aliphatic imine (C=N–C) groups is 1. The van der Waals surface area contributed by atoms with Crippen molar-refractivity contribution in [3.8, 4) is 11.4 Å². The monoisotopic (exact) mass is 336 g/mol. The molecule has 7 heteroatoms. The van der Waals surface area contributed by atoms with Gasteiger partial charge in [-0.3, -0.25) is 4.99 Å². The van der Waals surface area contributed by atoms with Crippen molar-refractivity contribution in [1.29, 1.82) is 0 Å². The minimum Gasteiger partial charge on any atom is -0.339 e. The molecule has 1 aliphatic rings. The Morgan fingerprint density at radius 2 is 2.32 bits per heavy atom. The maximum atomic E-state index is 6.00. The summed E-state index contributed by atoms with van der Waals surface area (Å²) < 4.78 is 5.40. The number of hydrogen-bond donors (Lipinski definition) is 0.